The number of tetrazole rings is 1. The maximum absolute atomic E-state index is 13.5. The number of amides is 3. The lowest BCUT2D eigenvalue weighted by Gasteiger charge is -2.33. The number of halogens is 1. The van der Waals surface area contributed by atoms with E-state index in [0.29, 0.717) is 46.3 Å². The first-order chi connectivity index (χ1) is 18.9. The molecule has 0 aliphatic carbocycles. The number of rotatable bonds is 6. The molecule has 2 aromatic carbocycles. The van der Waals surface area contributed by atoms with Crippen LogP contribution in [0.4, 0.5) is 16.2 Å². The van der Waals surface area contributed by atoms with E-state index < -0.39 is 18.0 Å². The van der Waals surface area contributed by atoms with Crippen LogP contribution in [0.15, 0.2) is 61.2 Å². The van der Waals surface area contributed by atoms with Gasteiger partial charge in [-0.05, 0) is 59.0 Å². The van der Waals surface area contributed by atoms with Crippen molar-refractivity contribution in [1.29, 1.82) is 0 Å². The Bertz CT molecular complexity index is 1530. The van der Waals surface area contributed by atoms with E-state index in [-0.39, 0.29) is 5.91 Å². The topological polar surface area (TPSA) is 160 Å². The zero-order valence-corrected chi connectivity index (χ0v) is 21.3. The van der Waals surface area contributed by atoms with Crippen molar-refractivity contribution in [3.63, 3.8) is 0 Å². The third-order valence-corrected chi connectivity index (χ3v) is 6.27. The molecule has 0 fully saturated rings. The Hall–Kier alpha value is -5.04. The minimum Gasteiger partial charge on any atom is -0.453 e. The fraction of sp³-hybridized carbons (Fsp3) is 0.160. The van der Waals surface area contributed by atoms with E-state index in [0.717, 1.165) is 5.69 Å². The summed E-state index contributed by atoms with van der Waals surface area (Å²) in [6.07, 6.45) is 5.83. The van der Waals surface area contributed by atoms with E-state index in [1.807, 2.05) is 0 Å². The van der Waals surface area contributed by atoms with Crippen LogP contribution in [0.3, 0.4) is 0 Å². The molecular formula is C25H22ClN9O4. The first-order valence-corrected chi connectivity index (χ1v) is 12.1. The molecule has 5 rings (SSSR count). The van der Waals surface area contributed by atoms with Crippen LogP contribution in [0, 0.1) is 0 Å². The molecule has 0 saturated heterocycles. The Balaban J connectivity index is 1.37. The lowest BCUT2D eigenvalue weighted by atomic mass is 10.0. The van der Waals surface area contributed by atoms with Gasteiger partial charge in [0.05, 0.1) is 24.8 Å². The predicted molar refractivity (Wildman–Crippen MR) is 141 cm³/mol. The van der Waals surface area contributed by atoms with Gasteiger partial charge in [0.2, 0.25) is 5.91 Å². The molecule has 3 N–H and O–H groups in total. The van der Waals surface area contributed by atoms with E-state index in [1.54, 1.807) is 48.5 Å². The number of hydrogen-bond acceptors (Lipinski definition) is 8. The Kier molecular flexibility index (Phi) is 7.32. The van der Waals surface area contributed by atoms with E-state index in [2.05, 4.69) is 40.9 Å². The molecule has 0 spiro atoms. The number of carbonyl (C=O) groups is 3. The van der Waals surface area contributed by atoms with Gasteiger partial charge in [-0.1, -0.05) is 11.6 Å². The maximum atomic E-state index is 13.5. The van der Waals surface area contributed by atoms with Gasteiger partial charge in [-0.3, -0.25) is 14.9 Å². The number of methoxy groups -OCH3 is 1. The zero-order chi connectivity index (χ0) is 27.4. The zero-order valence-electron chi connectivity index (χ0n) is 20.5. The second-order valence-electron chi connectivity index (χ2n) is 8.42. The number of aromatic amines is 1. The number of nitrogens with one attached hydrogen (secondary N) is 3. The van der Waals surface area contributed by atoms with Crippen LogP contribution in [0.2, 0.25) is 5.02 Å². The molecule has 1 aliphatic heterocycles. The third-order valence-electron chi connectivity index (χ3n) is 6.03. The maximum Gasteiger partial charge on any atom is 0.411 e. The molecule has 39 heavy (non-hydrogen) atoms. The van der Waals surface area contributed by atoms with Gasteiger partial charge in [0.1, 0.15) is 6.33 Å². The summed E-state index contributed by atoms with van der Waals surface area (Å²) in [6, 6.07) is 10.6. The SMILES string of the molecule is COC(=O)Nc1ccc(NC(=O)C2c3nc[nH]c3CCN2C(=O)/C=C/c2cc(Cl)ccc2-n2cnnn2)cc1. The number of hydrogen-bond donors (Lipinski definition) is 3. The van der Waals surface area contributed by atoms with Crippen LogP contribution < -0.4 is 10.6 Å². The summed E-state index contributed by atoms with van der Waals surface area (Å²) in [4.78, 5) is 47.1. The van der Waals surface area contributed by atoms with Gasteiger partial charge in [0.15, 0.2) is 6.04 Å². The molecule has 13 nitrogen and oxygen atoms in total. The Labute approximate surface area is 226 Å². The molecule has 1 unspecified atom stereocenters. The van der Waals surface area contributed by atoms with Crippen LogP contribution in [0.5, 0.6) is 0 Å². The van der Waals surface area contributed by atoms with Gasteiger partial charge >= 0.3 is 6.09 Å². The van der Waals surface area contributed by atoms with Crippen molar-refractivity contribution in [2.45, 2.75) is 12.5 Å². The molecule has 0 bridgehead atoms. The standard InChI is InChI=1S/C25H22ClN9O4/c1-39-25(38)31-18-6-4-17(5-7-18)30-24(37)23-22-19(27-13-28-22)10-11-34(23)21(36)9-2-15-12-16(26)3-8-20(15)35-14-29-32-33-35/h2-9,12-14,23H,10-11H2,1H3,(H,27,28)(H,30,37)(H,31,38)/b9-2+. The molecule has 14 heteroatoms. The highest BCUT2D eigenvalue weighted by molar-refractivity contribution is 6.30. The third kappa shape index (κ3) is 5.62. The summed E-state index contributed by atoms with van der Waals surface area (Å²) in [5, 5.41) is 17.1. The Morgan fingerprint density at radius 2 is 1.90 bits per heavy atom. The summed E-state index contributed by atoms with van der Waals surface area (Å²) in [7, 11) is 1.27. The number of H-pyrrole nitrogens is 1. The Morgan fingerprint density at radius 1 is 1.13 bits per heavy atom. The first-order valence-electron chi connectivity index (χ1n) is 11.7. The molecule has 3 heterocycles. The molecule has 4 aromatic rings. The fourth-order valence-electron chi connectivity index (χ4n) is 4.19. The number of imidazole rings is 1. The van der Waals surface area contributed by atoms with E-state index >= 15 is 0 Å². The van der Waals surface area contributed by atoms with Gasteiger partial charge in [0, 0.05) is 46.7 Å². The van der Waals surface area contributed by atoms with Crippen molar-refractivity contribution < 1.29 is 19.1 Å². The van der Waals surface area contributed by atoms with Gasteiger partial charge < -0.3 is 19.9 Å². The molecule has 0 saturated carbocycles. The summed E-state index contributed by atoms with van der Waals surface area (Å²) >= 11 is 6.19. The van der Waals surface area contributed by atoms with Crippen LogP contribution in [-0.2, 0) is 20.7 Å². The predicted octanol–water partition coefficient (Wildman–Crippen LogP) is 3.00. The van der Waals surface area contributed by atoms with Crippen molar-refractivity contribution >= 4 is 47.0 Å². The minimum absolute atomic E-state index is 0.299. The average molecular weight is 548 g/mol. The summed E-state index contributed by atoms with van der Waals surface area (Å²) in [5.41, 5.74) is 3.48. The minimum atomic E-state index is -0.969. The molecule has 198 valence electrons. The van der Waals surface area contributed by atoms with Crippen molar-refractivity contribution in [2.24, 2.45) is 0 Å². The smallest absolute Gasteiger partial charge is 0.411 e. The van der Waals surface area contributed by atoms with Crippen molar-refractivity contribution in [2.75, 3.05) is 24.3 Å². The summed E-state index contributed by atoms with van der Waals surface area (Å²) in [6.45, 7) is 0.299. The number of ether oxygens (including phenoxy) is 1. The molecule has 0 radical (unpaired) electrons. The highest BCUT2D eigenvalue weighted by Gasteiger charge is 2.37. The lowest BCUT2D eigenvalue weighted by Crippen LogP contribution is -2.44. The highest BCUT2D eigenvalue weighted by Crippen LogP contribution is 2.30. The van der Waals surface area contributed by atoms with E-state index in [9.17, 15) is 14.4 Å². The molecule has 1 aliphatic rings. The number of benzene rings is 2. The second kappa shape index (κ2) is 11.1. The average Bonchev–Trinajstić information content (AvgIpc) is 3.65. The van der Waals surface area contributed by atoms with Crippen LogP contribution in [0.25, 0.3) is 11.8 Å². The van der Waals surface area contributed by atoms with Crippen molar-refractivity contribution in [3.8, 4) is 5.69 Å². The normalized spacial score (nSPS) is 14.6. The first kappa shape index (κ1) is 25.6. The quantitative estimate of drug-likeness (QED) is 0.310. The largest absolute Gasteiger partial charge is 0.453 e. The summed E-state index contributed by atoms with van der Waals surface area (Å²) < 4.78 is 6.04. The Morgan fingerprint density at radius 3 is 2.62 bits per heavy atom. The monoisotopic (exact) mass is 547 g/mol. The van der Waals surface area contributed by atoms with Crippen LogP contribution in [0.1, 0.15) is 23.0 Å². The van der Waals surface area contributed by atoms with E-state index in [4.69, 9.17) is 11.6 Å². The van der Waals surface area contributed by atoms with Gasteiger partial charge in [-0.2, -0.15) is 4.68 Å². The number of anilines is 2. The van der Waals surface area contributed by atoms with Crippen molar-refractivity contribution in [1.82, 2.24) is 35.1 Å². The number of fused-ring (bicyclic) bond motifs is 1. The fourth-order valence-corrected chi connectivity index (χ4v) is 4.37. The van der Waals surface area contributed by atoms with Crippen LogP contribution >= 0.6 is 11.6 Å². The molecule has 1 atom stereocenters. The summed E-state index contributed by atoms with van der Waals surface area (Å²) in [5.74, 6) is -0.820. The lowest BCUT2D eigenvalue weighted by molar-refractivity contribution is -0.135. The number of carbonyl (C=O) groups excluding carboxylic acids is 3. The van der Waals surface area contributed by atoms with Crippen molar-refractivity contribution in [3.05, 3.63) is 83.2 Å². The number of nitrogens with zero attached hydrogens (tertiary/aromatic N) is 6. The van der Waals surface area contributed by atoms with Gasteiger partial charge in [-0.25, -0.2) is 9.78 Å². The van der Waals surface area contributed by atoms with Gasteiger partial charge in [0.25, 0.3) is 5.91 Å². The highest BCUT2D eigenvalue weighted by atomic mass is 35.5. The molecule has 3 amide bonds. The van der Waals surface area contributed by atoms with Gasteiger partial charge in [-0.15, -0.1) is 5.10 Å². The molecular weight excluding hydrogens is 526 g/mol. The van der Waals surface area contributed by atoms with Crippen LogP contribution in [-0.4, -0.2) is 66.6 Å². The van der Waals surface area contributed by atoms with E-state index in [1.165, 1.54) is 35.4 Å². The molecule has 2 aromatic heterocycles. The second-order valence-corrected chi connectivity index (χ2v) is 8.86. The number of aromatic nitrogens is 6.